The molecule has 0 unspecified atom stereocenters. The van der Waals surface area contributed by atoms with E-state index in [0.717, 1.165) is 22.4 Å². The van der Waals surface area contributed by atoms with Gasteiger partial charge in [-0.1, -0.05) is 11.2 Å². The number of aryl methyl sites for hydroxylation is 2. The lowest BCUT2D eigenvalue weighted by molar-refractivity contribution is -0.132. The van der Waals surface area contributed by atoms with Crippen LogP contribution in [0.15, 0.2) is 45.8 Å². The number of benzene rings is 2. The quantitative estimate of drug-likeness (QED) is 0.519. The Kier molecular flexibility index (Phi) is 7.48. The molecule has 3 aromatic rings. The molecular weight excluding hydrogens is 454 g/mol. The van der Waals surface area contributed by atoms with Gasteiger partial charge in [0.1, 0.15) is 11.4 Å². The summed E-state index contributed by atoms with van der Waals surface area (Å²) in [4.78, 5) is 14.6. The summed E-state index contributed by atoms with van der Waals surface area (Å²) in [6.45, 7) is 8.99. The van der Waals surface area contributed by atoms with Crippen LogP contribution in [0.3, 0.4) is 0 Å². The number of rotatable bonds is 8. The van der Waals surface area contributed by atoms with Crippen molar-refractivity contribution in [1.82, 2.24) is 14.8 Å². The van der Waals surface area contributed by atoms with Crippen molar-refractivity contribution in [2.45, 2.75) is 52.1 Å². The summed E-state index contributed by atoms with van der Waals surface area (Å²) in [7, 11) is -0.707. The van der Waals surface area contributed by atoms with Gasteiger partial charge >= 0.3 is 0 Å². The van der Waals surface area contributed by atoms with Gasteiger partial charge in [-0.3, -0.25) is 4.79 Å². The zero-order chi connectivity index (χ0) is 25.2. The van der Waals surface area contributed by atoms with Crippen molar-refractivity contribution < 1.29 is 22.5 Å². The first-order valence-corrected chi connectivity index (χ1v) is 12.4. The van der Waals surface area contributed by atoms with E-state index in [2.05, 4.69) is 9.88 Å². The van der Waals surface area contributed by atoms with Gasteiger partial charge in [0.15, 0.2) is 5.76 Å². The van der Waals surface area contributed by atoms with Crippen molar-refractivity contribution in [1.29, 1.82) is 0 Å². The Morgan fingerprint density at radius 2 is 1.68 bits per heavy atom. The molecule has 3 rings (SSSR count). The summed E-state index contributed by atoms with van der Waals surface area (Å²) in [5.74, 6) is 0.837. The highest BCUT2D eigenvalue weighted by Gasteiger charge is 2.28. The maximum absolute atomic E-state index is 13.2. The van der Waals surface area contributed by atoms with Gasteiger partial charge in [-0.05, 0) is 81.1 Å². The fraction of sp³-hybridized carbons (Fsp3) is 0.360. The molecule has 1 atom stereocenters. The number of hydrogen-bond acceptors (Lipinski definition) is 6. The van der Waals surface area contributed by atoms with E-state index in [1.807, 2.05) is 44.2 Å². The maximum Gasteiger partial charge on any atom is 0.241 e. The standard InChI is InChI=1S/C25H31N3O5S/c1-15-12-16(2)18(4)24(17(15)3)34(30,31)27-19(5)25(29)28(6)14-22-13-23(26-33-22)20-8-10-21(32-7)11-9-20/h8-13,19,27H,14H2,1-7H3/t19-/m1/s1. The van der Waals surface area contributed by atoms with Gasteiger partial charge in [-0.25, -0.2) is 8.42 Å². The Bertz CT molecular complexity index is 1270. The highest BCUT2D eigenvalue weighted by molar-refractivity contribution is 7.89. The Morgan fingerprint density at radius 1 is 1.09 bits per heavy atom. The molecule has 0 bridgehead atoms. The number of nitrogens with one attached hydrogen (secondary N) is 1. The van der Waals surface area contributed by atoms with Gasteiger partial charge in [0.2, 0.25) is 15.9 Å². The van der Waals surface area contributed by atoms with Crippen molar-refractivity contribution >= 4 is 15.9 Å². The zero-order valence-corrected chi connectivity index (χ0v) is 21.4. The number of sulfonamides is 1. The van der Waals surface area contributed by atoms with Gasteiger partial charge < -0.3 is 14.2 Å². The molecule has 182 valence electrons. The third kappa shape index (κ3) is 5.31. The predicted molar refractivity (Wildman–Crippen MR) is 130 cm³/mol. The minimum absolute atomic E-state index is 0.148. The van der Waals surface area contributed by atoms with E-state index < -0.39 is 16.1 Å². The van der Waals surface area contributed by atoms with Crippen LogP contribution in [-0.2, 0) is 21.4 Å². The number of carbonyl (C=O) groups is 1. The largest absolute Gasteiger partial charge is 0.497 e. The molecule has 8 nitrogen and oxygen atoms in total. The topological polar surface area (TPSA) is 102 Å². The van der Waals surface area contributed by atoms with Crippen molar-refractivity contribution in [3.05, 3.63) is 64.4 Å². The molecule has 0 saturated heterocycles. The summed E-state index contributed by atoms with van der Waals surface area (Å²) in [6.07, 6.45) is 0. The Hall–Kier alpha value is -3.17. The van der Waals surface area contributed by atoms with E-state index in [4.69, 9.17) is 9.26 Å². The monoisotopic (exact) mass is 485 g/mol. The lowest BCUT2D eigenvalue weighted by Gasteiger charge is -2.22. The second-order valence-electron chi connectivity index (χ2n) is 8.53. The first-order chi connectivity index (χ1) is 15.9. The van der Waals surface area contributed by atoms with Crippen LogP contribution in [0.4, 0.5) is 0 Å². The molecule has 34 heavy (non-hydrogen) atoms. The van der Waals surface area contributed by atoms with Crippen molar-refractivity contribution in [2.24, 2.45) is 0 Å². The van der Waals surface area contributed by atoms with Crippen LogP contribution >= 0.6 is 0 Å². The fourth-order valence-electron chi connectivity index (χ4n) is 3.85. The number of nitrogens with zero attached hydrogens (tertiary/aromatic N) is 2. The summed E-state index contributed by atoms with van der Waals surface area (Å²) >= 11 is 0. The highest BCUT2D eigenvalue weighted by atomic mass is 32.2. The number of amides is 1. The number of hydrogen-bond donors (Lipinski definition) is 1. The average Bonchev–Trinajstić information content (AvgIpc) is 3.25. The summed E-state index contributed by atoms with van der Waals surface area (Å²) < 4.78 is 39.4. The molecular formula is C25H31N3O5S. The van der Waals surface area contributed by atoms with Gasteiger partial charge in [0.25, 0.3) is 0 Å². The molecule has 0 aliphatic rings. The van der Waals surface area contributed by atoms with E-state index in [9.17, 15) is 13.2 Å². The molecule has 0 fully saturated rings. The van der Waals surface area contributed by atoms with Crippen LogP contribution in [0.2, 0.25) is 0 Å². The highest BCUT2D eigenvalue weighted by Crippen LogP contribution is 2.26. The molecule has 0 radical (unpaired) electrons. The Labute approximate surface area is 201 Å². The zero-order valence-electron chi connectivity index (χ0n) is 20.6. The van der Waals surface area contributed by atoms with Crippen LogP contribution in [-0.4, -0.2) is 44.6 Å². The van der Waals surface area contributed by atoms with Gasteiger partial charge in [-0.2, -0.15) is 4.72 Å². The SMILES string of the molecule is COc1ccc(-c2cc(CN(C)C(=O)[C@@H](C)NS(=O)(=O)c3c(C)c(C)cc(C)c3C)on2)cc1. The van der Waals surface area contributed by atoms with Gasteiger partial charge in [-0.15, -0.1) is 0 Å². The predicted octanol–water partition coefficient (Wildman–Crippen LogP) is 3.91. The minimum atomic E-state index is -3.90. The number of likely N-dealkylation sites (N-methyl/N-ethyl adjacent to an activating group) is 1. The Morgan fingerprint density at radius 3 is 2.24 bits per heavy atom. The van der Waals surface area contributed by atoms with Crippen LogP contribution < -0.4 is 9.46 Å². The molecule has 0 spiro atoms. The normalized spacial score (nSPS) is 12.4. The lowest BCUT2D eigenvalue weighted by atomic mass is 10.0. The van der Waals surface area contributed by atoms with Crippen LogP contribution in [0.25, 0.3) is 11.3 Å². The molecule has 0 aliphatic heterocycles. The van der Waals surface area contributed by atoms with Crippen LogP contribution in [0.5, 0.6) is 5.75 Å². The number of carbonyl (C=O) groups excluding carboxylic acids is 1. The van der Waals surface area contributed by atoms with E-state index >= 15 is 0 Å². The molecule has 0 aliphatic carbocycles. The van der Waals surface area contributed by atoms with Crippen molar-refractivity contribution in [2.75, 3.05) is 14.2 Å². The molecule has 2 aromatic carbocycles. The van der Waals surface area contributed by atoms with Gasteiger partial charge in [0.05, 0.1) is 24.6 Å². The summed E-state index contributed by atoms with van der Waals surface area (Å²) in [5.41, 5.74) is 4.61. The first kappa shape index (κ1) is 25.5. The fourth-order valence-corrected chi connectivity index (χ4v) is 5.67. The second kappa shape index (κ2) is 9.99. The smallest absolute Gasteiger partial charge is 0.241 e. The molecule has 0 saturated carbocycles. The molecule has 1 heterocycles. The summed E-state index contributed by atoms with van der Waals surface area (Å²) in [5, 5.41) is 4.07. The van der Waals surface area contributed by atoms with Crippen molar-refractivity contribution in [3.63, 3.8) is 0 Å². The van der Waals surface area contributed by atoms with Crippen LogP contribution in [0, 0.1) is 27.7 Å². The number of aromatic nitrogens is 1. The molecule has 9 heteroatoms. The average molecular weight is 486 g/mol. The van der Waals surface area contributed by atoms with E-state index in [1.54, 1.807) is 34.1 Å². The van der Waals surface area contributed by atoms with E-state index in [0.29, 0.717) is 22.6 Å². The van der Waals surface area contributed by atoms with Gasteiger partial charge in [0, 0.05) is 18.7 Å². The van der Waals surface area contributed by atoms with Crippen LogP contribution in [0.1, 0.15) is 34.9 Å². The minimum Gasteiger partial charge on any atom is -0.497 e. The van der Waals surface area contributed by atoms with Crippen molar-refractivity contribution in [3.8, 4) is 17.0 Å². The molecule has 1 amide bonds. The first-order valence-electron chi connectivity index (χ1n) is 10.9. The van der Waals surface area contributed by atoms with E-state index in [1.165, 1.54) is 11.8 Å². The number of methoxy groups -OCH3 is 1. The number of ether oxygens (including phenoxy) is 1. The molecule has 1 aromatic heterocycles. The third-order valence-corrected chi connectivity index (χ3v) is 7.80. The maximum atomic E-state index is 13.2. The second-order valence-corrected chi connectivity index (χ2v) is 10.2. The lowest BCUT2D eigenvalue weighted by Crippen LogP contribution is -2.45. The third-order valence-electron chi connectivity index (χ3n) is 5.98. The molecule has 1 N–H and O–H groups in total. The van der Waals surface area contributed by atoms with E-state index in [-0.39, 0.29) is 17.3 Å². The summed E-state index contributed by atoms with van der Waals surface area (Å²) in [6, 6.07) is 10.1. The Balaban J connectivity index is 1.71.